The van der Waals surface area contributed by atoms with Gasteiger partial charge in [-0.05, 0) is 36.8 Å². The van der Waals surface area contributed by atoms with Gasteiger partial charge in [-0.25, -0.2) is 8.42 Å². The van der Waals surface area contributed by atoms with Crippen LogP contribution in [0.3, 0.4) is 0 Å². The molecule has 0 aliphatic carbocycles. The second kappa shape index (κ2) is 8.72. The maximum atomic E-state index is 12.2. The van der Waals surface area contributed by atoms with Crippen LogP contribution in [0.1, 0.15) is 12.5 Å². The van der Waals surface area contributed by atoms with E-state index in [4.69, 9.17) is 0 Å². The number of benzene rings is 2. The second-order valence-corrected chi connectivity index (χ2v) is 7.11. The summed E-state index contributed by atoms with van der Waals surface area (Å²) >= 11 is 0. The smallest absolute Gasteiger partial charge is 0.387 e. The lowest BCUT2D eigenvalue weighted by atomic mass is 10.2. The fourth-order valence-electron chi connectivity index (χ4n) is 2.13. The summed E-state index contributed by atoms with van der Waals surface area (Å²) in [6.07, 6.45) is 0. The quantitative estimate of drug-likeness (QED) is 0.731. The number of carbonyl (C=O) groups is 1. The Bertz CT molecular complexity index is 845. The standard InChI is InChI=1S/C17H18F2N2O4S/c1-12(21-26(23,24)15-8-3-2-4-9-15)16(22)20-11-13-6-5-7-14(10-13)25-17(18)19/h2-10,12,17,21H,11H2,1H3,(H,20,22)/t12-/m0/s1. The van der Waals surface area contributed by atoms with Crippen molar-refractivity contribution in [2.24, 2.45) is 0 Å². The van der Waals surface area contributed by atoms with Crippen molar-refractivity contribution in [3.05, 3.63) is 60.2 Å². The highest BCUT2D eigenvalue weighted by atomic mass is 32.2. The van der Waals surface area contributed by atoms with Gasteiger partial charge < -0.3 is 10.1 Å². The molecule has 0 bridgehead atoms. The first kappa shape index (κ1) is 19.8. The molecule has 0 aliphatic rings. The van der Waals surface area contributed by atoms with E-state index in [1.807, 2.05) is 0 Å². The molecule has 2 rings (SSSR count). The van der Waals surface area contributed by atoms with E-state index in [9.17, 15) is 22.0 Å². The Morgan fingerprint density at radius 2 is 1.81 bits per heavy atom. The highest BCUT2D eigenvalue weighted by molar-refractivity contribution is 7.89. The van der Waals surface area contributed by atoms with Crippen LogP contribution in [0.4, 0.5) is 8.78 Å². The van der Waals surface area contributed by atoms with Crippen molar-refractivity contribution in [1.29, 1.82) is 0 Å². The normalized spacial score (nSPS) is 12.6. The van der Waals surface area contributed by atoms with Crippen LogP contribution in [-0.2, 0) is 21.4 Å². The van der Waals surface area contributed by atoms with Crippen LogP contribution >= 0.6 is 0 Å². The first-order valence-corrected chi connectivity index (χ1v) is 9.15. The zero-order valence-electron chi connectivity index (χ0n) is 13.9. The molecule has 26 heavy (non-hydrogen) atoms. The summed E-state index contributed by atoms with van der Waals surface area (Å²) in [6.45, 7) is -1.49. The number of ether oxygens (including phenoxy) is 1. The molecule has 9 heteroatoms. The highest BCUT2D eigenvalue weighted by Gasteiger charge is 2.21. The van der Waals surface area contributed by atoms with Crippen molar-refractivity contribution in [2.75, 3.05) is 0 Å². The average molecular weight is 384 g/mol. The molecule has 0 saturated carbocycles. The molecule has 0 saturated heterocycles. The fourth-order valence-corrected chi connectivity index (χ4v) is 3.35. The molecule has 0 fully saturated rings. The fraction of sp³-hybridized carbons (Fsp3) is 0.235. The van der Waals surface area contributed by atoms with Crippen LogP contribution in [0, 0.1) is 0 Å². The topological polar surface area (TPSA) is 84.5 Å². The number of nitrogens with one attached hydrogen (secondary N) is 2. The van der Waals surface area contributed by atoms with Gasteiger partial charge in [-0.15, -0.1) is 0 Å². The first-order valence-electron chi connectivity index (χ1n) is 7.67. The number of rotatable bonds is 8. The predicted molar refractivity (Wildman–Crippen MR) is 91.1 cm³/mol. The molecule has 0 spiro atoms. The van der Waals surface area contributed by atoms with E-state index in [1.54, 1.807) is 24.3 Å². The molecular weight excluding hydrogens is 366 g/mol. The van der Waals surface area contributed by atoms with Gasteiger partial charge in [0.1, 0.15) is 5.75 Å². The van der Waals surface area contributed by atoms with Gasteiger partial charge in [-0.3, -0.25) is 4.79 Å². The molecule has 2 aromatic carbocycles. The van der Waals surface area contributed by atoms with E-state index in [1.165, 1.54) is 37.3 Å². The summed E-state index contributed by atoms with van der Waals surface area (Å²) in [4.78, 5) is 12.2. The van der Waals surface area contributed by atoms with Gasteiger partial charge in [0, 0.05) is 6.54 Å². The van der Waals surface area contributed by atoms with Gasteiger partial charge in [-0.1, -0.05) is 30.3 Å². The summed E-state index contributed by atoms with van der Waals surface area (Å²) in [6, 6.07) is 12.5. The molecule has 140 valence electrons. The third-order valence-electron chi connectivity index (χ3n) is 3.37. The van der Waals surface area contributed by atoms with E-state index in [0.29, 0.717) is 5.56 Å². The van der Waals surface area contributed by atoms with Crippen LogP contribution < -0.4 is 14.8 Å². The van der Waals surface area contributed by atoms with Gasteiger partial charge in [0.05, 0.1) is 10.9 Å². The minimum Gasteiger partial charge on any atom is -0.435 e. The Labute approximate surface area is 150 Å². The van der Waals surface area contributed by atoms with Gasteiger partial charge in [0.2, 0.25) is 15.9 Å². The van der Waals surface area contributed by atoms with Crippen LogP contribution in [0.25, 0.3) is 0 Å². The van der Waals surface area contributed by atoms with Crippen molar-refractivity contribution < 1.29 is 26.7 Å². The number of alkyl halides is 2. The number of carbonyl (C=O) groups excluding carboxylic acids is 1. The van der Waals surface area contributed by atoms with Gasteiger partial charge in [0.15, 0.2) is 0 Å². The molecule has 0 unspecified atom stereocenters. The first-order chi connectivity index (χ1) is 12.3. The molecule has 1 atom stereocenters. The summed E-state index contributed by atoms with van der Waals surface area (Å²) in [5.41, 5.74) is 0.537. The molecular formula is C17H18F2N2O4S. The molecule has 0 heterocycles. The number of sulfonamides is 1. The summed E-state index contributed by atoms with van der Waals surface area (Å²) in [7, 11) is -3.82. The van der Waals surface area contributed by atoms with Crippen molar-refractivity contribution in [1.82, 2.24) is 10.0 Å². The number of hydrogen-bond donors (Lipinski definition) is 2. The van der Waals surface area contributed by atoms with Gasteiger partial charge >= 0.3 is 6.61 Å². The molecule has 2 aromatic rings. The van der Waals surface area contributed by atoms with Gasteiger partial charge in [0.25, 0.3) is 0 Å². The van der Waals surface area contributed by atoms with Crippen molar-refractivity contribution in [3.63, 3.8) is 0 Å². The molecule has 0 aliphatic heterocycles. The van der Waals surface area contributed by atoms with E-state index in [0.717, 1.165) is 0 Å². The Kier molecular flexibility index (Phi) is 6.64. The SMILES string of the molecule is C[C@H](NS(=O)(=O)c1ccccc1)C(=O)NCc1cccc(OC(F)F)c1. The average Bonchev–Trinajstić information content (AvgIpc) is 2.60. The zero-order valence-corrected chi connectivity index (χ0v) is 14.7. The number of halogens is 2. The molecule has 0 aromatic heterocycles. The van der Waals surface area contributed by atoms with Crippen molar-refractivity contribution in [3.8, 4) is 5.75 Å². The minimum absolute atomic E-state index is 0.0235. The van der Waals surface area contributed by atoms with Crippen LogP contribution in [0.15, 0.2) is 59.5 Å². The van der Waals surface area contributed by atoms with Crippen molar-refractivity contribution in [2.45, 2.75) is 31.0 Å². The van der Waals surface area contributed by atoms with E-state index in [2.05, 4.69) is 14.8 Å². The Balaban J connectivity index is 1.93. The lowest BCUT2D eigenvalue weighted by Crippen LogP contribution is -2.44. The number of amides is 1. The van der Waals surface area contributed by atoms with Gasteiger partial charge in [-0.2, -0.15) is 13.5 Å². The Morgan fingerprint density at radius 3 is 2.46 bits per heavy atom. The third-order valence-corrected chi connectivity index (χ3v) is 4.93. The molecule has 0 radical (unpaired) electrons. The largest absolute Gasteiger partial charge is 0.435 e. The summed E-state index contributed by atoms with van der Waals surface area (Å²) < 4.78 is 55.4. The monoisotopic (exact) mass is 384 g/mol. The van der Waals surface area contributed by atoms with Crippen LogP contribution in [0.5, 0.6) is 5.75 Å². The Hall–Kier alpha value is -2.52. The summed E-state index contributed by atoms with van der Waals surface area (Å²) in [5.74, 6) is -0.575. The third kappa shape index (κ3) is 5.78. The second-order valence-electron chi connectivity index (χ2n) is 5.40. The maximum Gasteiger partial charge on any atom is 0.387 e. The lowest BCUT2D eigenvalue weighted by molar-refractivity contribution is -0.122. The lowest BCUT2D eigenvalue weighted by Gasteiger charge is -2.15. The van der Waals surface area contributed by atoms with Crippen molar-refractivity contribution >= 4 is 15.9 Å². The van der Waals surface area contributed by atoms with Crippen LogP contribution in [0.2, 0.25) is 0 Å². The zero-order chi connectivity index (χ0) is 19.2. The number of hydrogen-bond acceptors (Lipinski definition) is 4. The van der Waals surface area contributed by atoms with E-state index < -0.39 is 28.6 Å². The molecule has 1 amide bonds. The highest BCUT2D eigenvalue weighted by Crippen LogP contribution is 2.16. The predicted octanol–water partition coefficient (Wildman–Crippen LogP) is 2.27. The van der Waals surface area contributed by atoms with Crippen LogP contribution in [-0.4, -0.2) is 27.0 Å². The maximum absolute atomic E-state index is 12.2. The minimum atomic E-state index is -3.82. The Morgan fingerprint density at radius 1 is 1.12 bits per heavy atom. The van der Waals surface area contributed by atoms with E-state index >= 15 is 0 Å². The molecule has 6 nitrogen and oxygen atoms in total. The van der Waals surface area contributed by atoms with E-state index in [-0.39, 0.29) is 17.2 Å². The molecule has 2 N–H and O–H groups in total. The summed E-state index contributed by atoms with van der Waals surface area (Å²) in [5, 5.41) is 2.54.